The first-order valence-electron chi connectivity index (χ1n) is 7.73. The maximum absolute atomic E-state index is 12.0. The van der Waals surface area contributed by atoms with Gasteiger partial charge in [0.1, 0.15) is 17.8 Å². The van der Waals surface area contributed by atoms with Crippen LogP contribution in [0, 0.1) is 5.92 Å². The lowest BCUT2D eigenvalue weighted by molar-refractivity contribution is -0.125. The van der Waals surface area contributed by atoms with E-state index in [2.05, 4.69) is 5.32 Å². The number of amides is 1. The summed E-state index contributed by atoms with van der Waals surface area (Å²) in [4.78, 5) is 12.0. The first-order chi connectivity index (χ1) is 11.3. The number of benzene rings is 1. The predicted molar refractivity (Wildman–Crippen MR) is 86.0 cm³/mol. The molecule has 1 heterocycles. The monoisotopic (exact) mass is 337 g/mol. The van der Waals surface area contributed by atoms with E-state index in [4.69, 9.17) is 9.47 Å². The molecule has 24 heavy (non-hydrogen) atoms. The molecule has 0 saturated heterocycles. The fourth-order valence-electron chi connectivity index (χ4n) is 2.41. The van der Waals surface area contributed by atoms with Crippen LogP contribution < -0.4 is 5.32 Å². The number of phenolic OH excluding ortho intramolecular Hbond substituents is 2. The molecule has 1 atom stereocenters. The van der Waals surface area contributed by atoms with Crippen molar-refractivity contribution < 1.29 is 29.6 Å². The van der Waals surface area contributed by atoms with Gasteiger partial charge in [-0.15, -0.1) is 0 Å². The SMILES string of the molecule is CC1(C)OC=C(CNC(=O)CC(CO)Cc2ccc(O)cc2O)O1. The number of aromatic hydroxyl groups is 2. The topological polar surface area (TPSA) is 108 Å². The second kappa shape index (κ2) is 7.44. The summed E-state index contributed by atoms with van der Waals surface area (Å²) in [5.74, 6) is -0.857. The molecule has 0 spiro atoms. The van der Waals surface area contributed by atoms with Crippen LogP contribution >= 0.6 is 0 Å². The van der Waals surface area contributed by atoms with Crippen LogP contribution in [0.15, 0.2) is 30.2 Å². The third-order valence-electron chi connectivity index (χ3n) is 3.62. The molecule has 0 aliphatic carbocycles. The number of aliphatic hydroxyl groups excluding tert-OH is 1. The maximum Gasteiger partial charge on any atom is 0.244 e. The van der Waals surface area contributed by atoms with Gasteiger partial charge in [-0.05, 0) is 24.0 Å². The van der Waals surface area contributed by atoms with Crippen molar-refractivity contribution in [2.75, 3.05) is 13.2 Å². The minimum Gasteiger partial charge on any atom is -0.508 e. The van der Waals surface area contributed by atoms with E-state index in [1.807, 2.05) is 0 Å². The van der Waals surface area contributed by atoms with Gasteiger partial charge in [0.15, 0.2) is 5.76 Å². The van der Waals surface area contributed by atoms with E-state index in [0.717, 1.165) is 0 Å². The largest absolute Gasteiger partial charge is 0.508 e. The number of nitrogens with one attached hydrogen (secondary N) is 1. The van der Waals surface area contributed by atoms with Crippen LogP contribution in [0.5, 0.6) is 11.5 Å². The lowest BCUT2D eigenvalue weighted by atomic mass is 9.96. The van der Waals surface area contributed by atoms with Gasteiger partial charge in [-0.3, -0.25) is 4.79 Å². The van der Waals surface area contributed by atoms with E-state index in [9.17, 15) is 20.1 Å². The Morgan fingerprint density at radius 1 is 1.33 bits per heavy atom. The second-order valence-electron chi connectivity index (χ2n) is 6.25. The molecular weight excluding hydrogens is 314 g/mol. The van der Waals surface area contributed by atoms with E-state index in [0.29, 0.717) is 17.7 Å². The Kier molecular flexibility index (Phi) is 5.56. The molecule has 1 unspecified atom stereocenters. The molecule has 0 aromatic heterocycles. The van der Waals surface area contributed by atoms with E-state index < -0.39 is 5.79 Å². The summed E-state index contributed by atoms with van der Waals surface area (Å²) < 4.78 is 10.7. The molecule has 1 aliphatic rings. The van der Waals surface area contributed by atoms with Crippen LogP contribution in [0.2, 0.25) is 0 Å². The maximum atomic E-state index is 12.0. The number of rotatable bonds is 7. The molecule has 2 rings (SSSR count). The first-order valence-corrected chi connectivity index (χ1v) is 7.73. The Morgan fingerprint density at radius 3 is 2.67 bits per heavy atom. The van der Waals surface area contributed by atoms with Crippen LogP contribution in [0.1, 0.15) is 25.8 Å². The van der Waals surface area contributed by atoms with Gasteiger partial charge < -0.3 is 30.1 Å². The van der Waals surface area contributed by atoms with Gasteiger partial charge >= 0.3 is 0 Å². The highest BCUT2D eigenvalue weighted by Gasteiger charge is 2.27. The molecule has 1 amide bonds. The van der Waals surface area contributed by atoms with Crippen molar-refractivity contribution in [2.45, 2.75) is 32.5 Å². The third-order valence-corrected chi connectivity index (χ3v) is 3.62. The quantitative estimate of drug-likeness (QED) is 0.599. The van der Waals surface area contributed by atoms with E-state index >= 15 is 0 Å². The summed E-state index contributed by atoms with van der Waals surface area (Å²) >= 11 is 0. The highest BCUT2D eigenvalue weighted by atomic mass is 16.7. The zero-order valence-corrected chi connectivity index (χ0v) is 13.8. The zero-order chi connectivity index (χ0) is 17.7. The average Bonchev–Trinajstić information content (AvgIpc) is 2.86. The first kappa shape index (κ1) is 17.9. The van der Waals surface area contributed by atoms with Crippen molar-refractivity contribution in [3.63, 3.8) is 0 Å². The number of carbonyl (C=O) groups is 1. The Bertz CT molecular complexity index is 626. The van der Waals surface area contributed by atoms with Crippen LogP contribution in [0.3, 0.4) is 0 Å². The summed E-state index contributed by atoms with van der Waals surface area (Å²) in [6, 6.07) is 4.26. The standard InChI is InChI=1S/C17H23NO6/c1-17(2)23-10-14(24-17)8-18-16(22)6-11(9-19)5-12-3-4-13(20)7-15(12)21/h3-4,7,10-11,19-21H,5-6,8-9H2,1-2H3,(H,18,22). The Hall–Kier alpha value is -2.41. The normalized spacial score (nSPS) is 16.7. The Balaban J connectivity index is 1.82. The Morgan fingerprint density at radius 2 is 2.08 bits per heavy atom. The van der Waals surface area contributed by atoms with E-state index in [1.54, 1.807) is 19.9 Å². The van der Waals surface area contributed by atoms with Gasteiger partial charge in [0.25, 0.3) is 0 Å². The molecule has 132 valence electrons. The molecule has 1 aliphatic heterocycles. The van der Waals surface area contributed by atoms with Gasteiger partial charge in [0, 0.05) is 32.9 Å². The van der Waals surface area contributed by atoms with E-state index in [1.165, 1.54) is 18.4 Å². The van der Waals surface area contributed by atoms with Crippen molar-refractivity contribution >= 4 is 5.91 Å². The fraction of sp³-hybridized carbons (Fsp3) is 0.471. The highest BCUT2D eigenvalue weighted by molar-refractivity contribution is 5.76. The van der Waals surface area contributed by atoms with Crippen LogP contribution in [0.4, 0.5) is 0 Å². The summed E-state index contributed by atoms with van der Waals surface area (Å²) in [6.45, 7) is 3.56. The van der Waals surface area contributed by atoms with Crippen LogP contribution in [-0.4, -0.2) is 40.2 Å². The average molecular weight is 337 g/mol. The van der Waals surface area contributed by atoms with Crippen molar-refractivity contribution in [1.82, 2.24) is 5.32 Å². The molecule has 1 aromatic carbocycles. The molecule has 7 nitrogen and oxygen atoms in total. The van der Waals surface area contributed by atoms with Crippen molar-refractivity contribution in [1.29, 1.82) is 0 Å². The molecule has 0 radical (unpaired) electrons. The molecular formula is C17H23NO6. The van der Waals surface area contributed by atoms with Gasteiger partial charge in [0.2, 0.25) is 11.7 Å². The van der Waals surface area contributed by atoms with Crippen molar-refractivity contribution in [3.8, 4) is 11.5 Å². The molecule has 7 heteroatoms. The fourth-order valence-corrected chi connectivity index (χ4v) is 2.41. The minimum atomic E-state index is -0.718. The number of hydrogen-bond acceptors (Lipinski definition) is 6. The van der Waals surface area contributed by atoms with Crippen molar-refractivity contribution in [3.05, 3.63) is 35.8 Å². The second-order valence-corrected chi connectivity index (χ2v) is 6.25. The molecule has 0 fully saturated rings. The van der Waals surface area contributed by atoms with Gasteiger partial charge in [0.05, 0.1) is 6.54 Å². The number of hydrogen-bond donors (Lipinski definition) is 4. The predicted octanol–water partition coefficient (Wildman–Crippen LogP) is 1.38. The smallest absolute Gasteiger partial charge is 0.244 e. The number of aliphatic hydroxyl groups is 1. The zero-order valence-electron chi connectivity index (χ0n) is 13.8. The summed E-state index contributed by atoms with van der Waals surface area (Å²) in [5, 5.41) is 31.2. The molecule has 0 bridgehead atoms. The van der Waals surface area contributed by atoms with Gasteiger partial charge in [-0.2, -0.15) is 0 Å². The van der Waals surface area contributed by atoms with Gasteiger partial charge in [-0.1, -0.05) is 6.07 Å². The van der Waals surface area contributed by atoms with Crippen LogP contribution in [-0.2, 0) is 20.7 Å². The van der Waals surface area contributed by atoms with Gasteiger partial charge in [-0.25, -0.2) is 0 Å². The molecule has 4 N–H and O–H groups in total. The lowest BCUT2D eigenvalue weighted by Gasteiger charge is -2.18. The Labute approximate surface area is 140 Å². The number of carbonyl (C=O) groups excluding carboxylic acids is 1. The highest BCUT2D eigenvalue weighted by Crippen LogP contribution is 2.26. The number of ether oxygens (including phenoxy) is 2. The minimum absolute atomic E-state index is 0.0375. The summed E-state index contributed by atoms with van der Waals surface area (Å²) in [7, 11) is 0. The molecule has 0 saturated carbocycles. The van der Waals surface area contributed by atoms with Crippen molar-refractivity contribution in [2.24, 2.45) is 5.92 Å². The summed E-state index contributed by atoms with van der Waals surface area (Å²) in [5.41, 5.74) is 0.566. The molecule has 1 aromatic rings. The summed E-state index contributed by atoms with van der Waals surface area (Å²) in [6.07, 6.45) is 1.90. The van der Waals surface area contributed by atoms with Crippen LogP contribution in [0.25, 0.3) is 0 Å². The third kappa shape index (κ3) is 5.06. The number of phenols is 2. The van der Waals surface area contributed by atoms with E-state index in [-0.39, 0.29) is 42.9 Å². The lowest BCUT2D eigenvalue weighted by Crippen LogP contribution is -2.30.